The van der Waals surface area contributed by atoms with Crippen molar-refractivity contribution in [2.45, 2.75) is 6.42 Å². The summed E-state index contributed by atoms with van der Waals surface area (Å²) in [7, 11) is -0.303. The van der Waals surface area contributed by atoms with Gasteiger partial charge < -0.3 is 10.9 Å². The maximum Gasteiger partial charge on any atom is 0.0454 e. The normalized spacial score (nSPS) is 13.8. The van der Waals surface area contributed by atoms with Gasteiger partial charge in [-0.3, -0.25) is 0 Å². The number of hydrazine groups is 2. The molecule has 20 heavy (non-hydrogen) atoms. The Kier molecular flexibility index (Phi) is 4.32. The molecule has 4 heteroatoms. The Labute approximate surface area is 120 Å². The van der Waals surface area contributed by atoms with Crippen molar-refractivity contribution < 1.29 is 0 Å². The summed E-state index contributed by atoms with van der Waals surface area (Å²) in [4.78, 5) is 0. The largest absolute Gasteiger partial charge is 0.310 e. The third-order valence-corrected chi connectivity index (χ3v) is 5.80. The predicted molar refractivity (Wildman–Crippen MR) is 86.0 cm³/mol. The molecule has 1 aliphatic heterocycles. The van der Waals surface area contributed by atoms with E-state index in [0.717, 1.165) is 12.6 Å². The van der Waals surface area contributed by atoms with Crippen LogP contribution in [0.4, 0.5) is 0 Å². The molecule has 2 aromatic carbocycles. The lowest BCUT2D eigenvalue weighted by Crippen LogP contribution is -2.31. The van der Waals surface area contributed by atoms with Crippen molar-refractivity contribution in [2.24, 2.45) is 0 Å². The second kappa shape index (κ2) is 6.56. The van der Waals surface area contributed by atoms with Crippen molar-refractivity contribution >= 4 is 18.5 Å². The average molecular weight is 283 g/mol. The molecule has 0 radical (unpaired) electrons. The first-order valence-corrected chi connectivity index (χ1v) is 8.29. The van der Waals surface area contributed by atoms with E-state index in [4.69, 9.17) is 0 Å². The van der Waals surface area contributed by atoms with Gasteiger partial charge in [-0.25, -0.2) is 0 Å². The third-order valence-electron chi connectivity index (χ3n) is 3.28. The summed E-state index contributed by atoms with van der Waals surface area (Å²) < 4.78 is 0. The topological polar surface area (TPSA) is 36.1 Å². The lowest BCUT2D eigenvalue weighted by molar-refractivity contribution is 0.593. The van der Waals surface area contributed by atoms with Gasteiger partial charge in [-0.15, -0.1) is 0 Å². The molecule has 0 saturated heterocycles. The van der Waals surface area contributed by atoms with Crippen LogP contribution in [0.3, 0.4) is 0 Å². The quantitative estimate of drug-likeness (QED) is 0.734. The van der Waals surface area contributed by atoms with E-state index in [1.165, 1.54) is 16.3 Å². The van der Waals surface area contributed by atoms with Crippen LogP contribution in [0.25, 0.3) is 0 Å². The van der Waals surface area contributed by atoms with Gasteiger partial charge in [0, 0.05) is 11.9 Å². The van der Waals surface area contributed by atoms with Crippen molar-refractivity contribution in [3.05, 3.63) is 72.6 Å². The molecule has 0 aromatic heterocycles. The first kappa shape index (κ1) is 13.2. The Balaban J connectivity index is 1.80. The van der Waals surface area contributed by atoms with Gasteiger partial charge in [0.2, 0.25) is 0 Å². The third kappa shape index (κ3) is 3.19. The van der Waals surface area contributed by atoms with Crippen LogP contribution in [0, 0.1) is 0 Å². The first-order chi connectivity index (χ1) is 9.93. The molecule has 0 amide bonds. The predicted octanol–water partition coefficient (Wildman–Crippen LogP) is 1.96. The second-order valence-electron chi connectivity index (χ2n) is 4.64. The fourth-order valence-electron chi connectivity index (χ4n) is 2.27. The number of nitrogens with one attached hydrogen (secondary N) is 3. The van der Waals surface area contributed by atoms with Gasteiger partial charge >= 0.3 is 0 Å². The van der Waals surface area contributed by atoms with Crippen LogP contribution in [0.2, 0.25) is 0 Å². The fraction of sp³-hybridized carbons (Fsp3) is 0.125. The lowest BCUT2D eigenvalue weighted by Gasteiger charge is -2.18. The van der Waals surface area contributed by atoms with Crippen molar-refractivity contribution in [2.75, 3.05) is 6.16 Å². The van der Waals surface area contributed by atoms with Crippen molar-refractivity contribution in [1.29, 1.82) is 0 Å². The van der Waals surface area contributed by atoms with Gasteiger partial charge in [-0.1, -0.05) is 60.7 Å². The molecule has 0 spiro atoms. The molecular weight excluding hydrogens is 265 g/mol. The highest BCUT2D eigenvalue weighted by Crippen LogP contribution is 2.34. The average Bonchev–Trinajstić information content (AvgIpc) is 3.03. The van der Waals surface area contributed by atoms with Crippen LogP contribution in [-0.4, -0.2) is 6.16 Å². The smallest absolute Gasteiger partial charge is 0.0454 e. The Morgan fingerprint density at radius 1 is 0.800 bits per heavy atom. The monoisotopic (exact) mass is 283 g/mol. The van der Waals surface area contributed by atoms with Crippen molar-refractivity contribution in [3.8, 4) is 0 Å². The molecule has 102 valence electrons. The molecule has 0 bridgehead atoms. The lowest BCUT2D eigenvalue weighted by atomic mass is 10.4. The maximum atomic E-state index is 3.13. The van der Waals surface area contributed by atoms with Crippen molar-refractivity contribution in [3.63, 3.8) is 0 Å². The van der Waals surface area contributed by atoms with Crippen LogP contribution >= 0.6 is 7.92 Å². The first-order valence-electron chi connectivity index (χ1n) is 6.77. The van der Waals surface area contributed by atoms with Crippen LogP contribution < -0.4 is 27.0 Å². The Morgan fingerprint density at radius 2 is 1.40 bits per heavy atom. The molecule has 1 heterocycles. The van der Waals surface area contributed by atoms with E-state index < -0.39 is 0 Å². The minimum absolute atomic E-state index is 0.303. The minimum Gasteiger partial charge on any atom is -0.310 e. The number of allylic oxidation sites excluding steroid dienone is 1. The van der Waals surface area contributed by atoms with E-state index in [0.29, 0.717) is 0 Å². The zero-order valence-electron chi connectivity index (χ0n) is 11.2. The Bertz CT molecular complexity index is 529. The summed E-state index contributed by atoms with van der Waals surface area (Å²) in [6, 6.07) is 21.6. The van der Waals surface area contributed by atoms with Gasteiger partial charge in [-0.2, -0.15) is 5.53 Å². The number of hydrogen-bond acceptors (Lipinski definition) is 3. The number of rotatable bonds is 5. The summed E-state index contributed by atoms with van der Waals surface area (Å²) in [6.45, 7) is 0. The summed E-state index contributed by atoms with van der Waals surface area (Å²) in [6.07, 6.45) is 4.17. The van der Waals surface area contributed by atoms with Crippen molar-refractivity contribution in [1.82, 2.24) is 16.4 Å². The molecule has 0 unspecified atom stereocenters. The van der Waals surface area contributed by atoms with E-state index >= 15 is 0 Å². The van der Waals surface area contributed by atoms with E-state index in [-0.39, 0.29) is 7.92 Å². The maximum absolute atomic E-state index is 3.13. The molecule has 0 saturated carbocycles. The molecule has 3 N–H and O–H groups in total. The van der Waals surface area contributed by atoms with Gasteiger partial charge in [0.1, 0.15) is 0 Å². The van der Waals surface area contributed by atoms with Gasteiger partial charge in [0.05, 0.1) is 0 Å². The van der Waals surface area contributed by atoms with E-state index in [2.05, 4.69) is 77.1 Å². The van der Waals surface area contributed by atoms with Crippen LogP contribution in [0.1, 0.15) is 6.42 Å². The Morgan fingerprint density at radius 3 is 1.90 bits per heavy atom. The number of benzene rings is 2. The van der Waals surface area contributed by atoms with Gasteiger partial charge in [0.15, 0.2) is 0 Å². The highest BCUT2D eigenvalue weighted by molar-refractivity contribution is 7.73. The van der Waals surface area contributed by atoms with Gasteiger partial charge in [0.25, 0.3) is 0 Å². The zero-order chi connectivity index (χ0) is 13.6. The van der Waals surface area contributed by atoms with Crippen LogP contribution in [0.5, 0.6) is 0 Å². The molecule has 3 rings (SSSR count). The minimum atomic E-state index is -0.303. The molecule has 1 aliphatic rings. The highest BCUT2D eigenvalue weighted by Gasteiger charge is 2.14. The molecule has 2 aromatic rings. The molecule has 0 atom stereocenters. The highest BCUT2D eigenvalue weighted by atomic mass is 31.1. The summed E-state index contributed by atoms with van der Waals surface area (Å²) in [5.41, 5.74) is 10.2. The fourth-order valence-corrected chi connectivity index (χ4v) is 4.61. The standard InChI is InChI=1S/C16H18N3P/c1-3-7-15(8-4-1)20(16-9-5-2-6-10-16)12-11-14-13-17-19-18-14/h1-10,13,17-19H,11-12H2. The SMILES string of the molecule is C1=C(CCP(c2ccccc2)c2ccccc2)NNN1. The number of hydrogen-bond donors (Lipinski definition) is 3. The van der Waals surface area contributed by atoms with Crippen LogP contribution in [0.15, 0.2) is 72.6 Å². The summed E-state index contributed by atoms with van der Waals surface area (Å²) >= 11 is 0. The molecular formula is C16H18N3P. The second-order valence-corrected chi connectivity index (χ2v) is 6.97. The molecule has 3 nitrogen and oxygen atoms in total. The van der Waals surface area contributed by atoms with Crippen LogP contribution in [-0.2, 0) is 0 Å². The van der Waals surface area contributed by atoms with E-state index in [9.17, 15) is 0 Å². The molecule has 0 fully saturated rings. The van der Waals surface area contributed by atoms with E-state index in [1.807, 2.05) is 6.20 Å². The van der Waals surface area contributed by atoms with Gasteiger partial charge in [-0.05, 0) is 31.1 Å². The summed E-state index contributed by atoms with van der Waals surface area (Å²) in [5, 5.41) is 2.88. The Hall–Kier alpha value is -1.83. The summed E-state index contributed by atoms with van der Waals surface area (Å²) in [5.74, 6) is 0. The van der Waals surface area contributed by atoms with E-state index in [1.54, 1.807) is 0 Å². The molecule has 0 aliphatic carbocycles. The zero-order valence-corrected chi connectivity index (χ0v) is 12.1.